The molecule has 5 rings (SSSR count). The number of rotatable bonds is 5. The third-order valence-electron chi connectivity index (χ3n) is 5.34. The first-order valence-electron chi connectivity index (χ1n) is 10.1. The van der Waals surface area contributed by atoms with Gasteiger partial charge in [0, 0.05) is 46.9 Å². The molecule has 0 aliphatic heterocycles. The number of aromatic amines is 2. The van der Waals surface area contributed by atoms with Crippen LogP contribution in [0.4, 0.5) is 10.6 Å². The molecule has 9 heteroatoms. The fourth-order valence-electron chi connectivity index (χ4n) is 3.83. The fraction of sp³-hybridized carbons (Fsp3) is 0.130. The Morgan fingerprint density at radius 3 is 2.94 bits per heavy atom. The molecular weight excluding hydrogens is 406 g/mol. The van der Waals surface area contributed by atoms with Crippen LogP contribution in [0, 0.1) is 6.92 Å². The third kappa shape index (κ3) is 3.65. The number of hydrogen-bond donors (Lipinski definition) is 5. The molecule has 1 unspecified atom stereocenters. The van der Waals surface area contributed by atoms with Crippen LogP contribution in [0.3, 0.4) is 0 Å². The first-order chi connectivity index (χ1) is 15.6. The maximum Gasteiger partial charge on any atom is 0.320 e. The van der Waals surface area contributed by atoms with Crippen molar-refractivity contribution in [1.29, 1.82) is 0 Å². The van der Waals surface area contributed by atoms with E-state index in [1.165, 1.54) is 0 Å². The van der Waals surface area contributed by atoms with Crippen molar-refractivity contribution < 1.29 is 9.90 Å². The van der Waals surface area contributed by atoms with E-state index in [-0.39, 0.29) is 6.61 Å². The number of amides is 2. The molecule has 5 aromatic rings. The van der Waals surface area contributed by atoms with Gasteiger partial charge in [0.25, 0.3) is 0 Å². The van der Waals surface area contributed by atoms with Gasteiger partial charge in [-0.2, -0.15) is 5.10 Å². The molecule has 160 valence electrons. The van der Waals surface area contributed by atoms with Gasteiger partial charge in [-0.1, -0.05) is 18.2 Å². The molecule has 5 N–H and O–H groups in total. The SMILES string of the molecule is Cc1cc(-c2n[nH]c3cc(NC(=O)NC(CO)c4cccc5cc[nH]c45)ncc23)ccn1. The standard InChI is InChI=1S/C23H21N7O2/c1-13-9-15(6-7-24-13)22-17-11-26-20(10-18(17)29-30-22)28-23(32)27-19(12-31)16-4-2-3-14-5-8-25-21(14)16/h2-11,19,25,31H,12H2,1H3,(H,29,30)(H2,26,27,28,32). The summed E-state index contributed by atoms with van der Waals surface area (Å²) in [7, 11) is 0. The van der Waals surface area contributed by atoms with Crippen molar-refractivity contribution in [2.24, 2.45) is 0 Å². The molecule has 9 nitrogen and oxygen atoms in total. The molecule has 0 aliphatic carbocycles. The lowest BCUT2D eigenvalue weighted by Gasteiger charge is -2.18. The summed E-state index contributed by atoms with van der Waals surface area (Å²) in [5, 5.41) is 24.6. The minimum atomic E-state index is -0.574. The lowest BCUT2D eigenvalue weighted by atomic mass is 10.0. The predicted molar refractivity (Wildman–Crippen MR) is 122 cm³/mol. The topological polar surface area (TPSA) is 132 Å². The number of aliphatic hydroxyl groups is 1. The van der Waals surface area contributed by atoms with Crippen LogP contribution in [0.5, 0.6) is 0 Å². The van der Waals surface area contributed by atoms with Crippen LogP contribution in [-0.4, -0.2) is 42.9 Å². The van der Waals surface area contributed by atoms with E-state index in [9.17, 15) is 9.90 Å². The molecular formula is C23H21N7O2. The maximum atomic E-state index is 12.6. The Morgan fingerprint density at radius 2 is 2.09 bits per heavy atom. The van der Waals surface area contributed by atoms with Gasteiger partial charge in [-0.3, -0.25) is 15.4 Å². The van der Waals surface area contributed by atoms with Gasteiger partial charge in [0.2, 0.25) is 0 Å². The van der Waals surface area contributed by atoms with Gasteiger partial charge in [0.15, 0.2) is 0 Å². The number of aryl methyl sites for hydroxylation is 1. The van der Waals surface area contributed by atoms with Crippen molar-refractivity contribution >= 4 is 33.7 Å². The Kier molecular flexibility index (Phi) is 5.00. The smallest absolute Gasteiger partial charge is 0.320 e. The van der Waals surface area contributed by atoms with Crippen molar-refractivity contribution in [2.75, 3.05) is 11.9 Å². The number of carbonyl (C=O) groups is 1. The second-order valence-electron chi connectivity index (χ2n) is 7.50. The Labute approximate surface area is 182 Å². The third-order valence-corrected chi connectivity index (χ3v) is 5.34. The molecule has 0 radical (unpaired) electrons. The molecule has 1 aromatic carbocycles. The second-order valence-corrected chi connectivity index (χ2v) is 7.50. The van der Waals surface area contributed by atoms with E-state index in [1.807, 2.05) is 49.5 Å². The molecule has 0 fully saturated rings. The molecule has 0 saturated heterocycles. The minimum absolute atomic E-state index is 0.243. The van der Waals surface area contributed by atoms with Gasteiger partial charge in [-0.25, -0.2) is 9.78 Å². The van der Waals surface area contributed by atoms with E-state index < -0.39 is 12.1 Å². The van der Waals surface area contributed by atoms with Crippen molar-refractivity contribution in [3.8, 4) is 11.3 Å². The highest BCUT2D eigenvalue weighted by atomic mass is 16.3. The summed E-state index contributed by atoms with van der Waals surface area (Å²) in [5.74, 6) is 0.367. The lowest BCUT2D eigenvalue weighted by molar-refractivity contribution is 0.225. The second kappa shape index (κ2) is 8.12. The molecule has 0 spiro atoms. The number of hydrogen-bond acceptors (Lipinski definition) is 5. The Bertz CT molecular complexity index is 1420. The largest absolute Gasteiger partial charge is 0.394 e. The summed E-state index contributed by atoms with van der Waals surface area (Å²) in [6, 6.07) is 12.2. The predicted octanol–water partition coefficient (Wildman–Crippen LogP) is 3.66. The van der Waals surface area contributed by atoms with Crippen molar-refractivity contribution in [2.45, 2.75) is 13.0 Å². The van der Waals surface area contributed by atoms with Gasteiger partial charge in [0.1, 0.15) is 11.5 Å². The minimum Gasteiger partial charge on any atom is -0.394 e. The number of para-hydroxylation sites is 1. The Morgan fingerprint density at radius 1 is 1.19 bits per heavy atom. The van der Waals surface area contributed by atoms with Crippen LogP contribution >= 0.6 is 0 Å². The number of aliphatic hydroxyl groups excluding tert-OH is 1. The Balaban J connectivity index is 1.35. The number of pyridine rings is 2. The summed E-state index contributed by atoms with van der Waals surface area (Å²) >= 11 is 0. The summed E-state index contributed by atoms with van der Waals surface area (Å²) in [5.41, 5.74) is 5.04. The first-order valence-corrected chi connectivity index (χ1v) is 10.1. The fourth-order valence-corrected chi connectivity index (χ4v) is 3.83. The molecule has 32 heavy (non-hydrogen) atoms. The highest BCUT2D eigenvalue weighted by molar-refractivity contribution is 5.96. The van der Waals surface area contributed by atoms with Gasteiger partial charge in [-0.05, 0) is 30.5 Å². The molecule has 2 amide bonds. The van der Waals surface area contributed by atoms with E-state index in [0.29, 0.717) is 5.82 Å². The maximum absolute atomic E-state index is 12.6. The normalized spacial score (nSPS) is 12.2. The van der Waals surface area contributed by atoms with Crippen LogP contribution < -0.4 is 10.6 Å². The molecule has 4 heterocycles. The summed E-state index contributed by atoms with van der Waals surface area (Å²) < 4.78 is 0. The van der Waals surface area contributed by atoms with Crippen LogP contribution in [0.2, 0.25) is 0 Å². The highest BCUT2D eigenvalue weighted by Crippen LogP contribution is 2.27. The number of urea groups is 1. The molecule has 0 aliphatic rings. The zero-order valence-corrected chi connectivity index (χ0v) is 17.3. The molecule has 0 bridgehead atoms. The van der Waals surface area contributed by atoms with Crippen LogP contribution in [0.25, 0.3) is 33.1 Å². The average Bonchev–Trinajstić information content (AvgIpc) is 3.44. The average molecular weight is 427 g/mol. The summed E-state index contributed by atoms with van der Waals surface area (Å²) in [6.45, 7) is 1.68. The van der Waals surface area contributed by atoms with Crippen LogP contribution in [-0.2, 0) is 0 Å². The van der Waals surface area contributed by atoms with Gasteiger partial charge in [-0.15, -0.1) is 0 Å². The van der Waals surface area contributed by atoms with Gasteiger partial charge < -0.3 is 15.4 Å². The number of H-pyrrole nitrogens is 2. The van der Waals surface area contributed by atoms with E-state index >= 15 is 0 Å². The van der Waals surface area contributed by atoms with E-state index in [0.717, 1.165) is 44.3 Å². The number of carbonyl (C=O) groups excluding carboxylic acids is 1. The first kappa shape index (κ1) is 19.7. The lowest BCUT2D eigenvalue weighted by Crippen LogP contribution is -2.34. The molecule has 0 saturated carbocycles. The number of benzene rings is 1. The zero-order valence-electron chi connectivity index (χ0n) is 17.3. The summed E-state index contributed by atoms with van der Waals surface area (Å²) in [4.78, 5) is 24.3. The van der Waals surface area contributed by atoms with Crippen LogP contribution in [0.15, 0.2) is 61.1 Å². The van der Waals surface area contributed by atoms with Crippen molar-refractivity contribution in [1.82, 2.24) is 30.5 Å². The number of nitrogens with one attached hydrogen (secondary N) is 4. The van der Waals surface area contributed by atoms with Gasteiger partial charge >= 0.3 is 6.03 Å². The van der Waals surface area contributed by atoms with E-state index in [2.05, 4.69) is 35.8 Å². The van der Waals surface area contributed by atoms with E-state index in [1.54, 1.807) is 18.5 Å². The quantitative estimate of drug-likeness (QED) is 0.292. The number of nitrogens with zero attached hydrogens (tertiary/aromatic N) is 3. The zero-order chi connectivity index (χ0) is 22.1. The van der Waals surface area contributed by atoms with Crippen LogP contribution in [0.1, 0.15) is 17.3 Å². The monoisotopic (exact) mass is 427 g/mol. The molecule has 1 atom stereocenters. The number of aromatic nitrogens is 5. The van der Waals surface area contributed by atoms with Crippen molar-refractivity contribution in [3.05, 3.63) is 72.3 Å². The number of anilines is 1. The summed E-state index contributed by atoms with van der Waals surface area (Å²) in [6.07, 6.45) is 5.24. The van der Waals surface area contributed by atoms with Crippen molar-refractivity contribution in [3.63, 3.8) is 0 Å². The highest BCUT2D eigenvalue weighted by Gasteiger charge is 2.18. The number of fused-ring (bicyclic) bond motifs is 2. The van der Waals surface area contributed by atoms with E-state index in [4.69, 9.17) is 0 Å². The molecule has 4 aromatic heterocycles. The Hall–Kier alpha value is -4.24. The van der Waals surface area contributed by atoms with Gasteiger partial charge in [0.05, 0.1) is 23.7 Å².